The summed E-state index contributed by atoms with van der Waals surface area (Å²) in [5.41, 5.74) is 6.30. The van der Waals surface area contributed by atoms with Crippen molar-refractivity contribution in [1.29, 1.82) is 0 Å². The summed E-state index contributed by atoms with van der Waals surface area (Å²) in [6, 6.07) is 36.6. The Morgan fingerprint density at radius 3 is 1.71 bits per heavy atom. The molecule has 254 valence electrons. The minimum absolute atomic E-state index is 0.0730. The number of hydrogen-bond donors (Lipinski definition) is 0. The van der Waals surface area contributed by atoms with Gasteiger partial charge in [-0.2, -0.15) is 9.97 Å². The molecule has 11 aromatic rings. The third-order valence-corrected chi connectivity index (χ3v) is 12.5. The molecule has 0 unspecified atom stereocenters. The maximum absolute atomic E-state index is 6.79. The Morgan fingerprint density at radius 2 is 1.00 bits per heavy atom. The minimum atomic E-state index is 0.0730. The van der Waals surface area contributed by atoms with Gasteiger partial charge in [0.25, 0.3) is 0 Å². The van der Waals surface area contributed by atoms with Gasteiger partial charge in [0.1, 0.15) is 73.9 Å². The van der Waals surface area contributed by atoms with Crippen LogP contribution in [0.5, 0.6) is 0 Å². The number of aromatic nitrogens is 4. The number of rotatable bonds is 4. The van der Waals surface area contributed by atoms with Gasteiger partial charge < -0.3 is 4.42 Å². The Balaban J connectivity index is 1.22. The predicted octanol–water partition coefficient (Wildman–Crippen LogP) is 2.59. The third-order valence-electron chi connectivity index (χ3n) is 11.3. The molecule has 0 atom stereocenters. The van der Waals surface area contributed by atoms with E-state index in [4.69, 9.17) is 82.1 Å². The third kappa shape index (κ3) is 5.12. The van der Waals surface area contributed by atoms with Crippen molar-refractivity contribution in [3.05, 3.63) is 109 Å². The van der Waals surface area contributed by atoms with Crippen LogP contribution in [0.25, 0.3) is 104 Å². The second-order valence-corrected chi connectivity index (χ2v) is 15.5. The summed E-state index contributed by atoms with van der Waals surface area (Å²) in [4.78, 5) is 15.2. The first-order valence-electron chi connectivity index (χ1n) is 18.6. The molecule has 16 radical (unpaired) electrons. The van der Waals surface area contributed by atoms with Gasteiger partial charge in [-0.15, -0.1) is 33.2 Å². The van der Waals surface area contributed by atoms with Crippen molar-refractivity contribution in [2.24, 2.45) is 0 Å². The van der Waals surface area contributed by atoms with Crippen LogP contribution >= 0.6 is 11.3 Å². The number of para-hydroxylation sites is 1. The molecule has 4 heterocycles. The Bertz CT molecular complexity index is 3540. The van der Waals surface area contributed by atoms with Crippen LogP contribution in [0.15, 0.2) is 114 Å². The van der Waals surface area contributed by atoms with Gasteiger partial charge in [0, 0.05) is 53.1 Å². The molecule has 0 fully saturated rings. The molecule has 0 aliphatic rings. The van der Waals surface area contributed by atoms with Crippen LogP contribution in [-0.4, -0.2) is 82.3 Å². The monoisotopic (exact) mass is 750 g/mol. The fraction of sp³-hybridized carbons (Fsp3) is 0. The van der Waals surface area contributed by atoms with Gasteiger partial charge in [0.15, 0.2) is 11.6 Å². The standard InChI is InChI=1S/C45H18B8N4OS/c46-31-29-30-32(47)34(49)36(51)38(53)40(30)57(39(29)37(52)35(50)33(31)48)45-55-43(19-9-2-1-3-10-19)54-44(56-45)25-16-7-15-24-28-21(12-8-17-26(28)58-41(24)25)23-14-6-13-22-20-11-4-5-18-27(20)59-42(22)23/h1-18H. The molecule has 5 nitrogen and oxygen atoms in total. The molecule has 0 N–H and O–H groups in total. The topological polar surface area (TPSA) is 56.7 Å². The van der Waals surface area contributed by atoms with Crippen molar-refractivity contribution in [1.82, 2.24) is 19.5 Å². The molecular formula is C45H18B8N4OS. The van der Waals surface area contributed by atoms with Gasteiger partial charge in [-0.25, -0.2) is 4.98 Å². The number of benzene rings is 7. The molecule has 0 bridgehead atoms. The van der Waals surface area contributed by atoms with Gasteiger partial charge in [0.2, 0.25) is 5.95 Å². The second-order valence-electron chi connectivity index (χ2n) is 14.5. The lowest BCUT2D eigenvalue weighted by molar-refractivity contribution is 0.669. The van der Waals surface area contributed by atoms with Gasteiger partial charge in [-0.05, 0) is 34.5 Å². The Morgan fingerprint density at radius 1 is 0.441 bits per heavy atom. The number of hydrogen-bond acceptors (Lipinski definition) is 5. The minimum Gasteiger partial charge on any atom is -0.455 e. The van der Waals surface area contributed by atoms with Crippen molar-refractivity contribution in [2.45, 2.75) is 0 Å². The SMILES string of the molecule is [B]c1c([B])c([B])c2c(c1[B])c1c([B])c([B])c([B])c([B])c1n2-c1nc(-c2ccccc2)nc(-c2cccc3c2oc2cccc(-c4cccc5c4sc4ccccc45)c23)n1. The number of nitrogens with zero attached hydrogens (tertiary/aromatic N) is 4. The zero-order valence-electron chi connectivity index (χ0n) is 31.1. The fourth-order valence-corrected chi connectivity index (χ4v) is 9.65. The lowest BCUT2D eigenvalue weighted by Gasteiger charge is -2.17. The molecule has 11 rings (SSSR count). The molecular weight excluding hydrogens is 731 g/mol. The maximum Gasteiger partial charge on any atom is 0.238 e. The number of furan rings is 1. The molecule has 0 aliphatic heterocycles. The summed E-state index contributed by atoms with van der Waals surface area (Å²) in [7, 11) is 52.7. The van der Waals surface area contributed by atoms with Crippen LogP contribution in [0, 0.1) is 0 Å². The number of fused-ring (bicyclic) bond motifs is 9. The van der Waals surface area contributed by atoms with E-state index in [1.54, 1.807) is 15.9 Å². The largest absolute Gasteiger partial charge is 0.455 e. The highest BCUT2D eigenvalue weighted by Crippen LogP contribution is 2.45. The van der Waals surface area contributed by atoms with E-state index in [-0.39, 0.29) is 49.7 Å². The summed E-state index contributed by atoms with van der Waals surface area (Å²) in [5, 5.41) is 5.07. The van der Waals surface area contributed by atoms with Gasteiger partial charge in [-0.3, -0.25) is 4.57 Å². The van der Waals surface area contributed by atoms with Crippen LogP contribution < -0.4 is 43.7 Å². The van der Waals surface area contributed by atoms with Crippen LogP contribution in [0.2, 0.25) is 0 Å². The summed E-state index contributed by atoms with van der Waals surface area (Å²) >= 11 is 1.78. The van der Waals surface area contributed by atoms with E-state index in [1.165, 1.54) is 20.2 Å². The Kier molecular flexibility index (Phi) is 8.06. The molecule has 0 spiro atoms. The van der Waals surface area contributed by atoms with Gasteiger partial charge in [0.05, 0.1) is 5.56 Å². The van der Waals surface area contributed by atoms with Crippen molar-refractivity contribution in [2.75, 3.05) is 0 Å². The van der Waals surface area contributed by atoms with Crippen LogP contribution in [0.3, 0.4) is 0 Å². The quantitative estimate of drug-likeness (QED) is 0.260. The van der Waals surface area contributed by atoms with E-state index in [0.29, 0.717) is 44.6 Å². The normalized spacial score (nSPS) is 11.9. The van der Waals surface area contributed by atoms with E-state index in [2.05, 4.69) is 54.6 Å². The van der Waals surface area contributed by atoms with Crippen LogP contribution in [0.1, 0.15) is 0 Å². The van der Waals surface area contributed by atoms with Gasteiger partial charge >= 0.3 is 0 Å². The first-order chi connectivity index (χ1) is 28.6. The van der Waals surface area contributed by atoms with Crippen molar-refractivity contribution >= 4 is 182 Å². The van der Waals surface area contributed by atoms with Crippen LogP contribution in [-0.2, 0) is 0 Å². The Labute approximate surface area is 352 Å². The highest BCUT2D eigenvalue weighted by molar-refractivity contribution is 7.26. The first-order valence-corrected chi connectivity index (χ1v) is 19.4. The molecule has 14 heteroatoms. The predicted molar refractivity (Wildman–Crippen MR) is 254 cm³/mol. The maximum atomic E-state index is 6.79. The Hall–Kier alpha value is -6.11. The summed E-state index contributed by atoms with van der Waals surface area (Å²) in [6.45, 7) is 0. The van der Waals surface area contributed by atoms with Crippen molar-refractivity contribution in [3.63, 3.8) is 0 Å². The van der Waals surface area contributed by atoms with Crippen LogP contribution in [0.4, 0.5) is 0 Å². The molecule has 59 heavy (non-hydrogen) atoms. The highest BCUT2D eigenvalue weighted by atomic mass is 32.1. The summed E-state index contributed by atoms with van der Waals surface area (Å²) in [6.07, 6.45) is 0. The summed E-state index contributed by atoms with van der Waals surface area (Å²) < 4.78 is 10.9. The fourth-order valence-electron chi connectivity index (χ4n) is 8.42. The first kappa shape index (κ1) is 36.0. The molecule has 0 saturated carbocycles. The molecule has 0 saturated heterocycles. The average Bonchev–Trinajstić information content (AvgIpc) is 3.97. The van der Waals surface area contributed by atoms with E-state index in [1.807, 2.05) is 54.6 Å². The molecule has 0 amide bonds. The average molecular weight is 749 g/mol. The zero-order chi connectivity index (χ0) is 40.4. The van der Waals surface area contributed by atoms with E-state index >= 15 is 0 Å². The molecule has 4 aromatic heterocycles. The van der Waals surface area contributed by atoms with Crippen molar-refractivity contribution < 1.29 is 4.42 Å². The number of thiophene rings is 1. The lowest BCUT2D eigenvalue weighted by atomic mass is 9.63. The van der Waals surface area contributed by atoms with Gasteiger partial charge in [-0.1, -0.05) is 113 Å². The smallest absolute Gasteiger partial charge is 0.238 e. The van der Waals surface area contributed by atoms with E-state index in [9.17, 15) is 0 Å². The second kappa shape index (κ2) is 13.2. The highest BCUT2D eigenvalue weighted by Gasteiger charge is 2.26. The zero-order valence-corrected chi connectivity index (χ0v) is 31.9. The summed E-state index contributed by atoms with van der Waals surface area (Å²) in [5.74, 6) is 0.798. The van der Waals surface area contributed by atoms with E-state index in [0.717, 1.165) is 33.0 Å². The molecule has 0 aliphatic carbocycles. The molecule has 7 aromatic carbocycles. The van der Waals surface area contributed by atoms with Crippen molar-refractivity contribution in [3.8, 4) is 39.9 Å². The lowest BCUT2D eigenvalue weighted by Crippen LogP contribution is -2.49. The van der Waals surface area contributed by atoms with E-state index < -0.39 is 0 Å².